The third-order valence-electron chi connectivity index (χ3n) is 11.8. The van der Waals surface area contributed by atoms with Gasteiger partial charge in [0.2, 0.25) is 10.0 Å². The molecule has 5 heterocycles. The van der Waals surface area contributed by atoms with Gasteiger partial charge in [0.25, 0.3) is 5.91 Å². The van der Waals surface area contributed by atoms with Crippen LogP contribution in [-0.4, -0.2) is 62.0 Å². The molecule has 3 aliphatic carbocycles. The third-order valence-corrected chi connectivity index (χ3v) is 12.6. The minimum atomic E-state index is -3.58. The minimum Gasteiger partial charge on any atom is -0.339 e. The van der Waals surface area contributed by atoms with Crippen LogP contribution in [0.15, 0.2) is 48.7 Å². The molecular formula is C37H35ClFN7O3S. The smallest absolute Gasteiger partial charge is 0.255 e. The van der Waals surface area contributed by atoms with Crippen molar-refractivity contribution in [2.45, 2.75) is 45.2 Å². The van der Waals surface area contributed by atoms with Gasteiger partial charge in [0.15, 0.2) is 5.82 Å². The van der Waals surface area contributed by atoms with E-state index in [0.717, 1.165) is 77.8 Å². The van der Waals surface area contributed by atoms with Crippen molar-refractivity contribution in [1.82, 2.24) is 28.9 Å². The van der Waals surface area contributed by atoms with Crippen LogP contribution in [0, 0.1) is 36.4 Å². The van der Waals surface area contributed by atoms with E-state index in [9.17, 15) is 13.2 Å². The molecule has 3 unspecified atom stereocenters. The number of pyridine rings is 1. The van der Waals surface area contributed by atoms with Gasteiger partial charge in [0.1, 0.15) is 17.0 Å². The molecule has 0 bridgehead atoms. The molecule has 0 radical (unpaired) electrons. The summed E-state index contributed by atoms with van der Waals surface area (Å²) in [5.74, 6) is 2.20. The summed E-state index contributed by atoms with van der Waals surface area (Å²) in [7, 11) is -1.81. The predicted molar refractivity (Wildman–Crippen MR) is 191 cm³/mol. The number of hydrogen-bond acceptors (Lipinski definition) is 5. The topological polar surface area (TPSA) is 107 Å². The van der Waals surface area contributed by atoms with Crippen molar-refractivity contribution >= 4 is 60.7 Å². The molecule has 4 atom stereocenters. The zero-order valence-electron chi connectivity index (χ0n) is 27.8. The average molecular weight is 712 g/mol. The highest BCUT2D eigenvalue weighted by molar-refractivity contribution is 7.92. The summed E-state index contributed by atoms with van der Waals surface area (Å²) in [6, 6.07) is 13.7. The molecule has 13 heteroatoms. The summed E-state index contributed by atoms with van der Waals surface area (Å²) < 4.78 is 48.1. The van der Waals surface area contributed by atoms with Gasteiger partial charge in [-0.05, 0) is 86.1 Å². The van der Waals surface area contributed by atoms with Gasteiger partial charge in [-0.1, -0.05) is 29.8 Å². The average Bonchev–Trinajstić information content (AvgIpc) is 3.60. The molecule has 10 nitrogen and oxygen atoms in total. The van der Waals surface area contributed by atoms with Crippen molar-refractivity contribution in [2.75, 3.05) is 17.5 Å². The van der Waals surface area contributed by atoms with E-state index in [1.54, 1.807) is 28.5 Å². The molecule has 1 aliphatic heterocycles. The lowest BCUT2D eigenvalue weighted by Crippen LogP contribution is -2.53. The fourth-order valence-electron chi connectivity index (χ4n) is 9.23. The van der Waals surface area contributed by atoms with Gasteiger partial charge in [-0.25, -0.2) is 17.3 Å². The van der Waals surface area contributed by atoms with Crippen LogP contribution < -0.4 is 4.72 Å². The van der Waals surface area contributed by atoms with Crippen LogP contribution >= 0.6 is 11.6 Å². The van der Waals surface area contributed by atoms with Crippen molar-refractivity contribution < 1.29 is 17.6 Å². The van der Waals surface area contributed by atoms with Crippen LogP contribution in [0.4, 0.5) is 10.2 Å². The van der Waals surface area contributed by atoms with Gasteiger partial charge in [-0.15, -0.1) is 0 Å². The maximum Gasteiger partial charge on any atom is 0.255 e. The minimum absolute atomic E-state index is 0.0994. The number of hydrogen-bond donors (Lipinski definition) is 1. The molecule has 1 N–H and O–H groups in total. The number of likely N-dealkylation sites (tertiary alicyclic amines) is 1. The highest BCUT2D eigenvalue weighted by atomic mass is 35.5. The fourth-order valence-corrected chi connectivity index (χ4v) is 9.96. The SMILES string of the molecule is Cc1c(-c2cc3ccc(-c4ccc(Cl)c5c(NS(C)(=O)=O)nn(C)c45)cc3n2CC2CC2)nn2cc(C(=O)N3CC4CC5CC3[C@H]54)cc(F)c12. The number of nitrogens with zero attached hydrogens (tertiary/aromatic N) is 6. The van der Waals surface area contributed by atoms with Crippen molar-refractivity contribution in [3.8, 4) is 22.5 Å². The Bertz CT molecular complexity index is 2590. The zero-order chi connectivity index (χ0) is 34.4. The third kappa shape index (κ3) is 4.43. The first-order chi connectivity index (χ1) is 23.9. The van der Waals surface area contributed by atoms with E-state index >= 15 is 4.39 Å². The Morgan fingerprint density at radius 3 is 2.62 bits per heavy atom. The number of nitrogens with one attached hydrogen (secondary N) is 1. The standard InChI is InChI=1S/C37H35ClFN7O3S/c1-18-33(40-46-17-24(11-27(39)34(18)46)37(47)45-16-23-10-22-14-29(45)31(22)23)30-13-21-7-6-20(12-28(21)44(30)15-19-4-5-19)25-8-9-26(38)32-35(25)43(2)41-36(32)42-50(3,48)49/h6-9,11-13,17,19,22-23,29,31H,4-5,10,14-16H2,1-3H3,(H,41,42)/t22?,23?,29?,31-/m1/s1. The van der Waals surface area contributed by atoms with E-state index in [1.165, 1.54) is 12.5 Å². The Morgan fingerprint density at radius 1 is 1.06 bits per heavy atom. The second kappa shape index (κ2) is 10.3. The summed E-state index contributed by atoms with van der Waals surface area (Å²) in [5, 5.41) is 11.3. The molecule has 6 aromatic rings. The van der Waals surface area contributed by atoms with Crippen molar-refractivity contribution in [2.24, 2.45) is 30.7 Å². The first kappa shape index (κ1) is 30.4. The normalized spacial score (nSPS) is 22.7. The molecule has 4 fully saturated rings. The summed E-state index contributed by atoms with van der Waals surface area (Å²) in [4.78, 5) is 15.6. The Kier molecular flexibility index (Phi) is 6.28. The monoisotopic (exact) mass is 711 g/mol. The van der Waals surface area contributed by atoms with Gasteiger partial charge in [0.05, 0.1) is 33.4 Å². The first-order valence-corrected chi connectivity index (χ1v) is 19.5. The second-order valence-corrected chi connectivity index (χ2v) is 17.1. The van der Waals surface area contributed by atoms with Crippen molar-refractivity contribution in [3.63, 3.8) is 0 Å². The summed E-state index contributed by atoms with van der Waals surface area (Å²) in [6.07, 6.45) is 7.36. The molecule has 3 saturated carbocycles. The van der Waals surface area contributed by atoms with E-state index in [0.29, 0.717) is 56.5 Å². The Hall–Kier alpha value is -4.42. The van der Waals surface area contributed by atoms with E-state index in [4.69, 9.17) is 16.7 Å². The van der Waals surface area contributed by atoms with E-state index in [1.807, 2.05) is 24.0 Å². The van der Waals surface area contributed by atoms with E-state index < -0.39 is 15.8 Å². The number of anilines is 1. The molecule has 4 aliphatic rings. The van der Waals surface area contributed by atoms with Crippen molar-refractivity contribution in [1.29, 1.82) is 0 Å². The summed E-state index contributed by atoms with van der Waals surface area (Å²) in [6.45, 7) is 3.47. The molecule has 0 spiro atoms. The number of amides is 1. The maximum atomic E-state index is 15.9. The molecule has 1 saturated heterocycles. The summed E-state index contributed by atoms with van der Waals surface area (Å²) >= 11 is 6.61. The van der Waals surface area contributed by atoms with Crippen molar-refractivity contribution in [3.05, 3.63) is 70.6 Å². The molecule has 1 amide bonds. The van der Waals surface area contributed by atoms with Gasteiger partial charge in [0, 0.05) is 54.4 Å². The lowest BCUT2D eigenvalue weighted by molar-refractivity contribution is -0.0204. The number of carbonyl (C=O) groups is 1. The number of carbonyl (C=O) groups excluding carboxylic acids is 1. The van der Waals surface area contributed by atoms with Gasteiger partial charge < -0.3 is 9.47 Å². The number of benzene rings is 2. The molecule has 10 rings (SSSR count). The van der Waals surface area contributed by atoms with Crippen LogP contribution in [-0.2, 0) is 23.6 Å². The van der Waals surface area contributed by atoms with Crippen LogP contribution in [0.25, 0.3) is 49.8 Å². The Balaban J connectivity index is 1.08. The van der Waals surface area contributed by atoms with Crippen LogP contribution in [0.3, 0.4) is 0 Å². The maximum absolute atomic E-state index is 15.9. The number of aryl methyl sites for hydroxylation is 2. The zero-order valence-corrected chi connectivity index (χ0v) is 29.4. The number of halogens is 2. The highest BCUT2D eigenvalue weighted by Crippen LogP contribution is 2.60. The Labute approximate surface area is 292 Å². The summed E-state index contributed by atoms with van der Waals surface area (Å²) in [5.41, 5.74) is 6.53. The molecule has 256 valence electrons. The largest absolute Gasteiger partial charge is 0.339 e. The van der Waals surface area contributed by atoms with Gasteiger partial charge in [-0.2, -0.15) is 10.2 Å². The second-order valence-electron chi connectivity index (χ2n) is 15.0. The fraction of sp³-hybridized carbons (Fsp3) is 0.378. The van der Waals surface area contributed by atoms with Gasteiger partial charge in [-0.3, -0.25) is 14.2 Å². The number of fused-ring (bicyclic) bond motifs is 3. The van der Waals surface area contributed by atoms with Gasteiger partial charge >= 0.3 is 0 Å². The first-order valence-electron chi connectivity index (χ1n) is 17.2. The predicted octanol–water partition coefficient (Wildman–Crippen LogP) is 6.87. The molecule has 2 aromatic carbocycles. The quantitative estimate of drug-likeness (QED) is 0.195. The Morgan fingerprint density at radius 2 is 1.88 bits per heavy atom. The molecule has 50 heavy (non-hydrogen) atoms. The van der Waals surface area contributed by atoms with Crippen LogP contribution in [0.2, 0.25) is 5.02 Å². The number of sulfonamides is 1. The van der Waals surface area contributed by atoms with Crippen LogP contribution in [0.5, 0.6) is 0 Å². The highest BCUT2D eigenvalue weighted by Gasteiger charge is 2.61. The molecular weight excluding hydrogens is 677 g/mol. The van der Waals surface area contributed by atoms with E-state index in [2.05, 4.69) is 32.6 Å². The van der Waals surface area contributed by atoms with Crippen LogP contribution in [0.1, 0.15) is 41.6 Å². The number of rotatable bonds is 7. The number of aromatic nitrogens is 5. The molecule has 4 aromatic heterocycles. The lowest BCUT2D eigenvalue weighted by atomic mass is 9.53. The van der Waals surface area contributed by atoms with E-state index in [-0.39, 0.29) is 11.7 Å². The lowest BCUT2D eigenvalue weighted by Gasteiger charge is -2.52.